The number of thiophene rings is 1. The molecule has 5 heteroatoms. The Morgan fingerprint density at radius 2 is 2.00 bits per heavy atom. The fourth-order valence-electron chi connectivity index (χ4n) is 3.49. The van der Waals surface area contributed by atoms with Gasteiger partial charge in [0.1, 0.15) is 6.10 Å². The Bertz CT molecular complexity index is 907. The van der Waals surface area contributed by atoms with Crippen LogP contribution in [0.1, 0.15) is 35.1 Å². The molecule has 1 N–H and O–H groups in total. The van der Waals surface area contributed by atoms with Crippen molar-refractivity contribution in [1.29, 1.82) is 0 Å². The number of hydrogen-bond acceptors (Lipinski definition) is 4. The Kier molecular flexibility index (Phi) is 5.98. The van der Waals surface area contributed by atoms with Crippen molar-refractivity contribution in [1.82, 2.24) is 4.98 Å². The van der Waals surface area contributed by atoms with Gasteiger partial charge >= 0.3 is 0 Å². The summed E-state index contributed by atoms with van der Waals surface area (Å²) in [4.78, 5) is 5.50. The molecule has 0 saturated carbocycles. The van der Waals surface area contributed by atoms with E-state index in [4.69, 9.17) is 11.6 Å². The minimum absolute atomic E-state index is 0.261. The van der Waals surface area contributed by atoms with Gasteiger partial charge in [-0.2, -0.15) is 11.3 Å². The maximum absolute atomic E-state index is 11.2. The zero-order valence-electron chi connectivity index (χ0n) is 14.7. The van der Waals surface area contributed by atoms with Crippen molar-refractivity contribution >= 4 is 34.7 Å². The maximum atomic E-state index is 11.2. The Morgan fingerprint density at radius 3 is 2.70 bits per heavy atom. The molecule has 0 fully saturated rings. The molecule has 138 valence electrons. The van der Waals surface area contributed by atoms with E-state index in [1.165, 1.54) is 16.0 Å². The first-order valence-electron chi connectivity index (χ1n) is 8.92. The van der Waals surface area contributed by atoms with Crippen LogP contribution in [-0.4, -0.2) is 15.8 Å². The number of pyridine rings is 1. The number of aliphatic hydroxyl groups is 1. The smallest absolute Gasteiger partial charge is 0.103 e. The molecule has 0 spiro atoms. The van der Waals surface area contributed by atoms with Crippen molar-refractivity contribution in [2.45, 2.75) is 24.9 Å². The normalized spacial score (nSPS) is 18.1. The fraction of sp³-hybridized carbons (Fsp3) is 0.227. The van der Waals surface area contributed by atoms with Crippen LogP contribution in [-0.2, 0) is 6.42 Å². The van der Waals surface area contributed by atoms with Gasteiger partial charge in [-0.25, -0.2) is 0 Å². The van der Waals surface area contributed by atoms with E-state index in [1.54, 1.807) is 23.7 Å². The Balaban J connectivity index is 1.63. The SMILES string of the molecule is OC(C1=C(CCc2ccc(Cl)cc2)SCC1c1ccsc1)c1cccnc1. The Labute approximate surface area is 172 Å². The monoisotopic (exact) mass is 413 g/mol. The topological polar surface area (TPSA) is 33.1 Å². The third-order valence-electron chi connectivity index (χ3n) is 4.92. The van der Waals surface area contributed by atoms with E-state index in [0.717, 1.165) is 34.8 Å². The molecule has 2 unspecified atom stereocenters. The minimum atomic E-state index is -0.612. The Hall–Kier alpha value is -1.59. The number of halogens is 1. The molecule has 3 aromatic rings. The highest BCUT2D eigenvalue weighted by atomic mass is 35.5. The maximum Gasteiger partial charge on any atom is 0.103 e. The van der Waals surface area contributed by atoms with Crippen LogP contribution in [0, 0.1) is 0 Å². The first-order valence-corrected chi connectivity index (χ1v) is 11.2. The summed E-state index contributed by atoms with van der Waals surface area (Å²) in [7, 11) is 0. The number of aryl methyl sites for hydroxylation is 1. The lowest BCUT2D eigenvalue weighted by Crippen LogP contribution is -2.10. The second-order valence-electron chi connectivity index (χ2n) is 6.61. The summed E-state index contributed by atoms with van der Waals surface area (Å²) in [5.41, 5.74) is 4.56. The zero-order chi connectivity index (χ0) is 18.6. The lowest BCUT2D eigenvalue weighted by atomic mass is 9.87. The van der Waals surface area contributed by atoms with Gasteiger partial charge in [0.05, 0.1) is 0 Å². The van der Waals surface area contributed by atoms with Crippen LogP contribution in [0.15, 0.2) is 76.1 Å². The van der Waals surface area contributed by atoms with E-state index < -0.39 is 6.10 Å². The van der Waals surface area contributed by atoms with E-state index in [-0.39, 0.29) is 5.92 Å². The van der Waals surface area contributed by atoms with Crippen LogP contribution in [0.5, 0.6) is 0 Å². The highest BCUT2D eigenvalue weighted by molar-refractivity contribution is 8.03. The summed E-state index contributed by atoms with van der Waals surface area (Å²) < 4.78 is 0. The lowest BCUT2D eigenvalue weighted by Gasteiger charge is -2.20. The molecule has 0 saturated heterocycles. The largest absolute Gasteiger partial charge is 0.384 e. The summed E-state index contributed by atoms with van der Waals surface area (Å²) in [6.07, 6.45) is 4.77. The first kappa shape index (κ1) is 18.8. The molecule has 0 aliphatic carbocycles. The van der Waals surface area contributed by atoms with Crippen LogP contribution < -0.4 is 0 Å². The Morgan fingerprint density at radius 1 is 1.15 bits per heavy atom. The van der Waals surface area contributed by atoms with Crippen LogP contribution in [0.4, 0.5) is 0 Å². The average molecular weight is 414 g/mol. The van der Waals surface area contributed by atoms with E-state index in [1.807, 2.05) is 36.0 Å². The number of aliphatic hydroxyl groups excluding tert-OH is 1. The van der Waals surface area contributed by atoms with Crippen molar-refractivity contribution in [2.75, 3.05) is 5.75 Å². The number of hydrogen-bond donors (Lipinski definition) is 1. The number of allylic oxidation sites excluding steroid dienone is 1. The predicted molar refractivity (Wildman–Crippen MR) is 116 cm³/mol. The molecule has 2 aromatic heterocycles. The highest BCUT2D eigenvalue weighted by Crippen LogP contribution is 2.49. The van der Waals surface area contributed by atoms with Crippen molar-refractivity contribution in [3.05, 3.63) is 97.8 Å². The molecule has 1 aromatic carbocycles. The molecule has 0 radical (unpaired) electrons. The minimum Gasteiger partial charge on any atom is -0.384 e. The van der Waals surface area contributed by atoms with Gasteiger partial charge < -0.3 is 5.11 Å². The zero-order valence-corrected chi connectivity index (χ0v) is 17.1. The van der Waals surface area contributed by atoms with Crippen LogP contribution >= 0.6 is 34.7 Å². The van der Waals surface area contributed by atoms with Crippen LogP contribution in [0.25, 0.3) is 0 Å². The van der Waals surface area contributed by atoms with E-state index in [0.29, 0.717) is 0 Å². The van der Waals surface area contributed by atoms with Gasteiger partial charge in [-0.15, -0.1) is 11.8 Å². The van der Waals surface area contributed by atoms with E-state index >= 15 is 0 Å². The molecule has 27 heavy (non-hydrogen) atoms. The van der Waals surface area contributed by atoms with Gasteiger partial charge in [-0.05, 0) is 69.5 Å². The van der Waals surface area contributed by atoms with Crippen LogP contribution in [0.3, 0.4) is 0 Å². The molecular formula is C22H20ClNOS2. The van der Waals surface area contributed by atoms with Crippen molar-refractivity contribution in [3.8, 4) is 0 Å². The molecular weight excluding hydrogens is 394 g/mol. The second kappa shape index (κ2) is 8.61. The van der Waals surface area contributed by atoms with Gasteiger partial charge in [0.2, 0.25) is 0 Å². The third-order valence-corrected chi connectivity index (χ3v) is 7.16. The average Bonchev–Trinajstić information content (AvgIpc) is 3.37. The summed E-state index contributed by atoms with van der Waals surface area (Å²) in [6.45, 7) is 0. The summed E-state index contributed by atoms with van der Waals surface area (Å²) in [6, 6.07) is 14.0. The van der Waals surface area contributed by atoms with Crippen molar-refractivity contribution in [2.24, 2.45) is 0 Å². The number of benzene rings is 1. The molecule has 4 rings (SSSR count). The molecule has 2 atom stereocenters. The summed E-state index contributed by atoms with van der Waals surface area (Å²) in [5, 5.41) is 16.2. The molecule has 1 aliphatic rings. The number of thioether (sulfide) groups is 1. The lowest BCUT2D eigenvalue weighted by molar-refractivity contribution is 0.208. The summed E-state index contributed by atoms with van der Waals surface area (Å²) in [5.74, 6) is 1.25. The van der Waals surface area contributed by atoms with E-state index in [2.05, 4.69) is 33.9 Å². The third kappa shape index (κ3) is 4.30. The van der Waals surface area contributed by atoms with Gasteiger partial charge in [-0.1, -0.05) is 29.8 Å². The predicted octanol–water partition coefficient (Wildman–Crippen LogP) is 6.25. The number of nitrogens with zero attached hydrogens (tertiary/aromatic N) is 1. The van der Waals surface area contributed by atoms with Crippen molar-refractivity contribution < 1.29 is 5.11 Å². The number of aromatic nitrogens is 1. The highest BCUT2D eigenvalue weighted by Gasteiger charge is 2.32. The van der Waals surface area contributed by atoms with E-state index in [9.17, 15) is 5.11 Å². The number of rotatable bonds is 6. The second-order valence-corrected chi connectivity index (χ2v) is 8.95. The molecule has 1 aliphatic heterocycles. The van der Waals surface area contributed by atoms with Gasteiger partial charge in [0, 0.05) is 34.7 Å². The van der Waals surface area contributed by atoms with Gasteiger partial charge in [0.15, 0.2) is 0 Å². The quantitative estimate of drug-likeness (QED) is 0.518. The first-order chi connectivity index (χ1) is 13.2. The van der Waals surface area contributed by atoms with Gasteiger partial charge in [0.25, 0.3) is 0 Å². The van der Waals surface area contributed by atoms with Crippen molar-refractivity contribution in [3.63, 3.8) is 0 Å². The molecule has 2 nitrogen and oxygen atoms in total. The molecule has 0 bridgehead atoms. The molecule has 0 amide bonds. The van der Waals surface area contributed by atoms with Crippen LogP contribution in [0.2, 0.25) is 5.02 Å². The summed E-state index contributed by atoms with van der Waals surface area (Å²) >= 11 is 9.59. The standard InChI is InChI=1S/C22H20ClNOS2/c23-18-6-3-15(4-7-18)5-8-20-21(22(25)16-2-1-10-24-12-16)19(14-27-20)17-9-11-26-13-17/h1-4,6-7,9-13,19,22,25H,5,8,14H2. The fourth-order valence-corrected chi connectivity index (χ4v) is 5.73. The van der Waals surface area contributed by atoms with Gasteiger partial charge in [-0.3, -0.25) is 4.98 Å². The molecule has 3 heterocycles.